The molecule has 3 fully saturated rings. The maximum absolute atomic E-state index is 12.8. The van der Waals surface area contributed by atoms with Crippen molar-refractivity contribution < 1.29 is 9.90 Å². The molecule has 6 nitrogen and oxygen atoms in total. The van der Waals surface area contributed by atoms with Gasteiger partial charge < -0.3 is 15.8 Å². The number of nitrogens with two attached hydrogens (primary N) is 1. The zero-order valence-electron chi connectivity index (χ0n) is 28.3. The molecule has 5 N–H and O–H groups in total. The number of benzene rings is 1. The predicted molar refractivity (Wildman–Crippen MR) is 180 cm³/mol. The molecule has 3 saturated carbocycles. The molecule has 8 rings (SSSR count). The molecule has 0 radical (unpaired) electrons. The van der Waals surface area contributed by atoms with E-state index < -0.39 is 5.97 Å². The van der Waals surface area contributed by atoms with Crippen molar-refractivity contribution in [3.8, 4) is 0 Å². The van der Waals surface area contributed by atoms with Crippen molar-refractivity contribution >= 4 is 28.3 Å². The van der Waals surface area contributed by atoms with Gasteiger partial charge in [-0.3, -0.25) is 9.89 Å². The lowest BCUT2D eigenvalue weighted by molar-refractivity contribution is -0.161. The molecule has 0 aliphatic heterocycles. The highest BCUT2D eigenvalue weighted by atomic mass is 16.4. The topological polar surface area (TPSA) is 108 Å². The number of nitrogens with zero attached hydrogens (tertiary/aromatic N) is 1. The number of hydrogen-bond acceptors (Lipinski definition) is 3. The summed E-state index contributed by atoms with van der Waals surface area (Å²) in [5.74, 6) is 1.28. The minimum Gasteiger partial charge on any atom is -0.481 e. The van der Waals surface area contributed by atoms with Crippen LogP contribution < -0.4 is 5.73 Å². The predicted octanol–water partition coefficient (Wildman–Crippen LogP) is 8.76. The number of aromatic nitrogens is 3. The van der Waals surface area contributed by atoms with Crippen LogP contribution in [0.25, 0.3) is 16.5 Å². The van der Waals surface area contributed by atoms with E-state index in [4.69, 9.17) is 5.73 Å². The summed E-state index contributed by atoms with van der Waals surface area (Å²) in [7, 11) is 0. The van der Waals surface area contributed by atoms with Crippen molar-refractivity contribution in [3.05, 3.63) is 52.9 Å². The number of anilines is 1. The average Bonchev–Trinajstić information content (AvgIpc) is 3.59. The van der Waals surface area contributed by atoms with Crippen LogP contribution in [0.3, 0.4) is 0 Å². The first kappa shape index (κ1) is 29.4. The number of nitrogen functional groups attached to an aromatic ring is 1. The van der Waals surface area contributed by atoms with Crippen LogP contribution in [0.4, 0.5) is 5.82 Å². The number of aromatic amines is 2. The highest BCUT2D eigenvalue weighted by Crippen LogP contribution is 2.76. The van der Waals surface area contributed by atoms with Gasteiger partial charge in [-0.15, -0.1) is 0 Å². The number of hydrogen-bond donors (Lipinski definition) is 4. The van der Waals surface area contributed by atoms with Crippen molar-refractivity contribution in [1.82, 2.24) is 15.2 Å². The number of aliphatic carboxylic acids is 1. The van der Waals surface area contributed by atoms with Crippen molar-refractivity contribution in [2.24, 2.45) is 51.2 Å². The molecule has 0 saturated heterocycles. The SMILES string of the molecule is CC1(C)CC2C3=C(c4cccc5[nH]ccc45)CC4[C@@]5(C)Cc6c(N)n[nH]c6C(C)(C)C5CC[C@@]4(C)[C@]3(C)CC[C@@H]2[C@H](C(=O)O)C1. The second-order valence-electron chi connectivity index (χ2n) is 17.9. The summed E-state index contributed by atoms with van der Waals surface area (Å²) < 4.78 is 0. The van der Waals surface area contributed by atoms with E-state index in [1.54, 1.807) is 5.57 Å². The lowest BCUT2D eigenvalue weighted by Crippen LogP contribution is -2.64. The Hall–Kier alpha value is -3.02. The van der Waals surface area contributed by atoms with Crippen LogP contribution in [0.1, 0.15) is 110 Å². The molecule has 3 aromatic rings. The first-order valence-electron chi connectivity index (χ1n) is 17.5. The van der Waals surface area contributed by atoms with Gasteiger partial charge in [0.05, 0.1) is 5.92 Å². The molecule has 6 heteroatoms. The molecule has 3 unspecified atom stereocenters. The zero-order chi connectivity index (χ0) is 31.9. The average molecular weight is 609 g/mol. The Balaban J connectivity index is 1.39. The second-order valence-corrected chi connectivity index (χ2v) is 17.9. The second kappa shape index (κ2) is 9.07. The molecular formula is C39H52N4O2. The minimum absolute atomic E-state index is 0.00925. The first-order chi connectivity index (χ1) is 21.1. The third-order valence-electron chi connectivity index (χ3n) is 15.0. The van der Waals surface area contributed by atoms with Gasteiger partial charge in [-0.25, -0.2) is 0 Å². The Morgan fingerprint density at radius 3 is 2.53 bits per heavy atom. The fourth-order valence-corrected chi connectivity index (χ4v) is 13.0. The third kappa shape index (κ3) is 3.69. The first-order valence-corrected chi connectivity index (χ1v) is 17.5. The van der Waals surface area contributed by atoms with E-state index >= 15 is 0 Å². The summed E-state index contributed by atoms with van der Waals surface area (Å²) in [6.07, 6.45) is 10.4. The summed E-state index contributed by atoms with van der Waals surface area (Å²) in [4.78, 5) is 16.3. The van der Waals surface area contributed by atoms with Gasteiger partial charge in [0.1, 0.15) is 5.82 Å². The minimum atomic E-state index is -0.595. The molecule has 0 amide bonds. The fourth-order valence-electron chi connectivity index (χ4n) is 13.0. The monoisotopic (exact) mass is 608 g/mol. The van der Waals surface area contributed by atoms with E-state index in [1.165, 1.54) is 46.1 Å². The maximum Gasteiger partial charge on any atom is 0.306 e. The van der Waals surface area contributed by atoms with Crippen LogP contribution in [0, 0.1) is 51.2 Å². The van der Waals surface area contributed by atoms with Gasteiger partial charge >= 0.3 is 5.97 Å². The summed E-state index contributed by atoms with van der Waals surface area (Å²) in [6.45, 7) is 17.3. The summed E-state index contributed by atoms with van der Waals surface area (Å²) in [5.41, 5.74) is 14.8. The van der Waals surface area contributed by atoms with Crippen molar-refractivity contribution in [3.63, 3.8) is 0 Å². The Morgan fingerprint density at radius 1 is 1.00 bits per heavy atom. The smallest absolute Gasteiger partial charge is 0.306 e. The van der Waals surface area contributed by atoms with Crippen LogP contribution in [-0.4, -0.2) is 26.3 Å². The van der Waals surface area contributed by atoms with Crippen LogP contribution in [0.15, 0.2) is 36.0 Å². The number of fused-ring (bicyclic) bond motifs is 9. The van der Waals surface area contributed by atoms with Crippen LogP contribution in [0.2, 0.25) is 0 Å². The number of H-pyrrole nitrogens is 2. The van der Waals surface area contributed by atoms with Gasteiger partial charge in [0.2, 0.25) is 0 Å². The van der Waals surface area contributed by atoms with Gasteiger partial charge in [0.25, 0.3) is 0 Å². The number of carbonyl (C=O) groups is 1. The van der Waals surface area contributed by atoms with Gasteiger partial charge in [0.15, 0.2) is 0 Å². The molecule has 240 valence electrons. The molecule has 5 aliphatic rings. The van der Waals surface area contributed by atoms with E-state index in [0.29, 0.717) is 23.6 Å². The standard InChI is InChI=1S/C39H52N4O2/c1-35(2)18-25-22(26(19-35)34(44)45)11-14-39(7)31(25)24(21-9-8-10-28-23(21)13-16-41-28)17-30-37(5)20-27-32(42-43-33(27)40)36(3,4)29(37)12-15-38(30,39)6/h8-10,13,16,22,25-26,29-30,41H,11-12,14-15,17-20H2,1-7H3,(H,44,45)(H3,40,42,43)/t22-,25?,26+,29?,30?,37-,38+,39+/m0/s1. The van der Waals surface area contributed by atoms with Crippen LogP contribution in [0.5, 0.6) is 0 Å². The molecule has 0 bridgehead atoms. The van der Waals surface area contributed by atoms with E-state index in [0.717, 1.165) is 38.5 Å². The summed E-state index contributed by atoms with van der Waals surface area (Å²) in [6, 6.07) is 9.01. The maximum atomic E-state index is 12.8. The Kier molecular flexibility index (Phi) is 5.92. The Bertz CT molecular complexity index is 1760. The van der Waals surface area contributed by atoms with Crippen molar-refractivity contribution in [1.29, 1.82) is 0 Å². The van der Waals surface area contributed by atoms with Crippen LogP contribution in [-0.2, 0) is 16.6 Å². The van der Waals surface area contributed by atoms with E-state index in [9.17, 15) is 9.90 Å². The number of carboxylic acid groups (broad SMARTS) is 1. The van der Waals surface area contributed by atoms with Gasteiger partial charge in [-0.05, 0) is 120 Å². The largest absolute Gasteiger partial charge is 0.481 e. The molecule has 8 atom stereocenters. The molecule has 0 spiro atoms. The van der Waals surface area contributed by atoms with Crippen molar-refractivity contribution in [2.45, 2.75) is 105 Å². The van der Waals surface area contributed by atoms with Gasteiger partial charge in [0, 0.05) is 33.8 Å². The molecule has 1 aromatic carbocycles. The number of carboxylic acids is 1. The summed E-state index contributed by atoms with van der Waals surface area (Å²) in [5, 5.41) is 19.8. The lowest BCUT2D eigenvalue weighted by atomic mass is 9.33. The lowest BCUT2D eigenvalue weighted by Gasteiger charge is -2.70. The van der Waals surface area contributed by atoms with E-state index in [2.05, 4.69) is 94.1 Å². The highest BCUT2D eigenvalue weighted by molar-refractivity contribution is 5.94. The van der Waals surface area contributed by atoms with E-state index in [1.807, 2.05) is 0 Å². The molecule has 2 aromatic heterocycles. The van der Waals surface area contributed by atoms with E-state index in [-0.39, 0.29) is 38.9 Å². The van der Waals surface area contributed by atoms with Gasteiger partial charge in [-0.1, -0.05) is 66.2 Å². The Labute approximate surface area is 268 Å². The van der Waals surface area contributed by atoms with Gasteiger partial charge in [-0.2, -0.15) is 5.10 Å². The normalized spacial score (nSPS) is 39.8. The third-order valence-corrected chi connectivity index (χ3v) is 15.0. The molecule has 5 aliphatic carbocycles. The Morgan fingerprint density at radius 2 is 1.78 bits per heavy atom. The number of rotatable bonds is 2. The highest BCUT2D eigenvalue weighted by Gasteiger charge is 2.68. The fraction of sp³-hybridized carbons (Fsp3) is 0.641. The molecule has 2 heterocycles. The zero-order valence-corrected chi connectivity index (χ0v) is 28.3. The van der Waals surface area contributed by atoms with Crippen LogP contribution >= 0.6 is 0 Å². The number of nitrogens with one attached hydrogen (secondary N) is 2. The van der Waals surface area contributed by atoms with Crippen molar-refractivity contribution in [2.75, 3.05) is 5.73 Å². The summed E-state index contributed by atoms with van der Waals surface area (Å²) >= 11 is 0. The number of allylic oxidation sites excluding steroid dienone is 2. The molecular weight excluding hydrogens is 556 g/mol. The quantitative estimate of drug-likeness (QED) is 0.233. The molecule has 45 heavy (non-hydrogen) atoms.